The van der Waals surface area contributed by atoms with Crippen molar-refractivity contribution in [3.8, 4) is 0 Å². The zero-order valence-corrected chi connectivity index (χ0v) is 12.1. The summed E-state index contributed by atoms with van der Waals surface area (Å²) in [7, 11) is -0.826. The Morgan fingerprint density at radius 2 is 1.63 bits per heavy atom. The average molecular weight is 289 g/mol. The Morgan fingerprint density at radius 3 is 2.11 bits per heavy atom. The predicted molar refractivity (Wildman–Crippen MR) is 72.1 cm³/mol. The molecule has 1 aliphatic rings. The first-order chi connectivity index (χ1) is 8.64. The quantitative estimate of drug-likeness (QED) is 0.775. The summed E-state index contributed by atoms with van der Waals surface area (Å²) < 4.78 is 37.7. The first-order valence-electron chi connectivity index (χ1n) is 6.07. The van der Waals surface area contributed by atoms with Crippen LogP contribution >= 0.6 is 11.6 Å². The van der Waals surface area contributed by atoms with Crippen LogP contribution in [0.5, 0.6) is 0 Å². The molecule has 1 aliphatic heterocycles. The van der Waals surface area contributed by atoms with E-state index in [0.29, 0.717) is 10.5 Å². The molecule has 2 nitrogen and oxygen atoms in total. The fourth-order valence-electron chi connectivity index (χ4n) is 1.92. The fourth-order valence-corrected chi connectivity index (χ4v) is 2.10. The molecule has 0 aromatic heterocycles. The number of halogens is 3. The Kier molecular flexibility index (Phi) is 3.67. The summed E-state index contributed by atoms with van der Waals surface area (Å²) in [5, 5.41) is 0.383. The zero-order chi connectivity index (χ0) is 14.4. The van der Waals surface area contributed by atoms with Gasteiger partial charge in [-0.05, 0) is 45.3 Å². The lowest BCUT2D eigenvalue weighted by Gasteiger charge is -2.32. The van der Waals surface area contributed by atoms with Crippen LogP contribution in [0.4, 0.5) is 8.78 Å². The van der Waals surface area contributed by atoms with Gasteiger partial charge in [-0.3, -0.25) is 0 Å². The molecule has 0 saturated carbocycles. The molecule has 0 radical (unpaired) electrons. The minimum absolute atomic E-state index is 0.108. The van der Waals surface area contributed by atoms with E-state index < -0.39 is 24.7 Å². The van der Waals surface area contributed by atoms with Crippen LogP contribution in [0.3, 0.4) is 0 Å². The highest BCUT2D eigenvalue weighted by Crippen LogP contribution is 2.37. The molecule has 0 atom stereocenters. The second kappa shape index (κ2) is 4.72. The first-order valence-corrected chi connectivity index (χ1v) is 6.45. The van der Waals surface area contributed by atoms with E-state index in [1.54, 1.807) is 0 Å². The van der Waals surface area contributed by atoms with Crippen molar-refractivity contribution in [3.63, 3.8) is 0 Å². The molecule has 104 valence electrons. The van der Waals surface area contributed by atoms with Gasteiger partial charge in [0.15, 0.2) is 0 Å². The average Bonchev–Trinajstić information content (AvgIpc) is 2.47. The summed E-state index contributed by atoms with van der Waals surface area (Å²) in [5.74, 6) is 0. The Balaban J connectivity index is 2.41. The Bertz CT molecular complexity index is 476. The van der Waals surface area contributed by atoms with Gasteiger partial charge in [0.05, 0.1) is 11.2 Å². The van der Waals surface area contributed by atoms with E-state index in [4.69, 9.17) is 20.9 Å². The molecule has 0 N–H and O–H groups in total. The van der Waals surface area contributed by atoms with Crippen molar-refractivity contribution in [1.29, 1.82) is 0 Å². The second-order valence-corrected chi connectivity index (χ2v) is 6.10. The van der Waals surface area contributed by atoms with Crippen LogP contribution in [-0.4, -0.2) is 18.3 Å². The fraction of sp³-hybridized carbons (Fsp3) is 0.538. The van der Waals surface area contributed by atoms with Gasteiger partial charge in [0, 0.05) is 10.6 Å². The molecule has 1 aromatic rings. The van der Waals surface area contributed by atoms with Crippen LogP contribution in [0.2, 0.25) is 5.02 Å². The van der Waals surface area contributed by atoms with Crippen molar-refractivity contribution in [3.05, 3.63) is 28.8 Å². The number of hydrogen-bond donors (Lipinski definition) is 0. The summed E-state index contributed by atoms with van der Waals surface area (Å²) in [5.41, 5.74) is -0.956. The normalized spacial score (nSPS) is 21.2. The van der Waals surface area contributed by atoms with Crippen LogP contribution < -0.4 is 5.46 Å². The van der Waals surface area contributed by atoms with Gasteiger partial charge >= 0.3 is 7.12 Å². The van der Waals surface area contributed by atoms with E-state index in [-0.39, 0.29) is 5.56 Å². The van der Waals surface area contributed by atoms with Gasteiger partial charge in [0.1, 0.15) is 0 Å². The number of benzene rings is 1. The molecule has 0 spiro atoms. The monoisotopic (exact) mass is 288 g/mol. The third kappa shape index (κ3) is 2.64. The minimum Gasteiger partial charge on any atom is -0.399 e. The SMILES string of the molecule is CC1(C)OB(c2cc(Cl)ccc2C(F)F)OC1(C)C. The highest BCUT2D eigenvalue weighted by atomic mass is 35.5. The molecule has 0 bridgehead atoms. The molecular formula is C13H16BClF2O2. The Labute approximate surface area is 117 Å². The number of alkyl halides is 2. The second-order valence-electron chi connectivity index (χ2n) is 5.66. The van der Waals surface area contributed by atoms with Crippen LogP contribution in [0, 0.1) is 0 Å². The van der Waals surface area contributed by atoms with Gasteiger partial charge in [-0.25, -0.2) is 8.78 Å². The van der Waals surface area contributed by atoms with E-state index in [1.807, 2.05) is 27.7 Å². The molecule has 0 aliphatic carbocycles. The lowest BCUT2D eigenvalue weighted by Crippen LogP contribution is -2.41. The maximum Gasteiger partial charge on any atom is 0.495 e. The Morgan fingerprint density at radius 1 is 1.11 bits per heavy atom. The molecule has 6 heteroatoms. The van der Waals surface area contributed by atoms with Crippen molar-refractivity contribution in [1.82, 2.24) is 0 Å². The summed E-state index contributed by atoms with van der Waals surface area (Å²) in [4.78, 5) is 0. The number of hydrogen-bond acceptors (Lipinski definition) is 2. The zero-order valence-electron chi connectivity index (χ0n) is 11.3. The number of rotatable bonds is 2. The summed E-state index contributed by atoms with van der Waals surface area (Å²) in [6, 6.07) is 4.23. The summed E-state index contributed by atoms with van der Waals surface area (Å²) in [6.07, 6.45) is -2.59. The van der Waals surface area contributed by atoms with Crippen LogP contribution in [0.15, 0.2) is 18.2 Å². The van der Waals surface area contributed by atoms with Crippen LogP contribution in [0.25, 0.3) is 0 Å². The molecule has 1 fully saturated rings. The first kappa shape index (κ1) is 14.8. The van der Waals surface area contributed by atoms with Crippen LogP contribution in [0.1, 0.15) is 39.7 Å². The van der Waals surface area contributed by atoms with Gasteiger partial charge in [0.25, 0.3) is 6.43 Å². The minimum atomic E-state index is -2.59. The van der Waals surface area contributed by atoms with Crippen molar-refractivity contribution >= 4 is 24.2 Å². The molecule has 0 unspecified atom stereocenters. The van der Waals surface area contributed by atoms with E-state index in [2.05, 4.69) is 0 Å². The third-order valence-corrected chi connectivity index (χ3v) is 4.03. The van der Waals surface area contributed by atoms with Crippen LogP contribution in [-0.2, 0) is 9.31 Å². The summed E-state index contributed by atoms with van der Waals surface area (Å²) >= 11 is 5.89. The van der Waals surface area contributed by atoms with Crippen molar-refractivity contribution < 1.29 is 18.1 Å². The predicted octanol–water partition coefficient (Wildman–Crippen LogP) is 3.58. The maximum atomic E-state index is 13.0. The lowest BCUT2D eigenvalue weighted by molar-refractivity contribution is 0.00578. The highest BCUT2D eigenvalue weighted by Gasteiger charge is 2.52. The van der Waals surface area contributed by atoms with Crippen molar-refractivity contribution in [2.24, 2.45) is 0 Å². The third-order valence-electron chi connectivity index (χ3n) is 3.79. The standard InChI is InChI=1S/C13H16BClF2O2/c1-12(2)13(3,4)19-14(18-12)10-7-8(15)5-6-9(10)11(16)17/h5-7,11H,1-4H3. The topological polar surface area (TPSA) is 18.5 Å². The molecular weight excluding hydrogens is 272 g/mol. The van der Waals surface area contributed by atoms with E-state index in [0.717, 1.165) is 0 Å². The maximum absolute atomic E-state index is 13.0. The molecule has 2 rings (SSSR count). The van der Waals surface area contributed by atoms with Crippen molar-refractivity contribution in [2.45, 2.75) is 45.3 Å². The van der Waals surface area contributed by atoms with E-state index in [1.165, 1.54) is 18.2 Å². The smallest absolute Gasteiger partial charge is 0.399 e. The molecule has 0 amide bonds. The lowest BCUT2D eigenvalue weighted by atomic mass is 9.76. The molecule has 1 aromatic carbocycles. The van der Waals surface area contributed by atoms with Crippen molar-refractivity contribution in [2.75, 3.05) is 0 Å². The van der Waals surface area contributed by atoms with Gasteiger partial charge in [-0.2, -0.15) is 0 Å². The van der Waals surface area contributed by atoms with E-state index in [9.17, 15) is 8.78 Å². The highest BCUT2D eigenvalue weighted by molar-refractivity contribution is 6.63. The molecule has 1 heterocycles. The Hall–Kier alpha value is -0.645. The van der Waals surface area contributed by atoms with E-state index >= 15 is 0 Å². The molecule has 1 saturated heterocycles. The largest absolute Gasteiger partial charge is 0.495 e. The van der Waals surface area contributed by atoms with Gasteiger partial charge in [-0.15, -0.1) is 0 Å². The molecule has 19 heavy (non-hydrogen) atoms. The summed E-state index contributed by atoms with van der Waals surface area (Å²) in [6.45, 7) is 7.50. The van der Waals surface area contributed by atoms with Gasteiger partial charge in [-0.1, -0.05) is 17.7 Å². The van der Waals surface area contributed by atoms with Gasteiger partial charge in [0.2, 0.25) is 0 Å². The van der Waals surface area contributed by atoms with Gasteiger partial charge < -0.3 is 9.31 Å².